The summed E-state index contributed by atoms with van der Waals surface area (Å²) in [6, 6.07) is 1.57. The molecule has 0 aliphatic heterocycles. The lowest BCUT2D eigenvalue weighted by atomic mass is 10.3. The van der Waals surface area contributed by atoms with Crippen molar-refractivity contribution >= 4 is 40.4 Å². The predicted octanol–water partition coefficient (Wildman–Crippen LogP) is 2.82. The first-order valence-electron chi connectivity index (χ1n) is 4.37. The number of hydrogen-bond acceptors (Lipinski definition) is 3. The van der Waals surface area contributed by atoms with E-state index in [1.807, 2.05) is 0 Å². The average Bonchev–Trinajstić information content (AvgIpc) is 2.52. The maximum absolute atomic E-state index is 11.6. The Kier molecular flexibility index (Phi) is 5.39. The number of carbonyl (C=O) groups excluding carboxylic acids is 1. The van der Waals surface area contributed by atoms with Crippen molar-refractivity contribution < 1.29 is 9.53 Å². The van der Waals surface area contributed by atoms with Crippen molar-refractivity contribution in [3.8, 4) is 0 Å². The van der Waals surface area contributed by atoms with E-state index in [2.05, 4.69) is 5.32 Å². The van der Waals surface area contributed by atoms with E-state index < -0.39 is 0 Å². The van der Waals surface area contributed by atoms with Gasteiger partial charge in [0.2, 0.25) is 0 Å². The van der Waals surface area contributed by atoms with Gasteiger partial charge in [-0.05, 0) is 12.5 Å². The molecule has 15 heavy (non-hydrogen) atoms. The van der Waals surface area contributed by atoms with Crippen LogP contribution in [0.15, 0.2) is 6.07 Å². The quantitative estimate of drug-likeness (QED) is 0.834. The lowest BCUT2D eigenvalue weighted by Gasteiger charge is -2.03. The number of hydrogen-bond donors (Lipinski definition) is 1. The molecule has 0 spiro atoms. The van der Waals surface area contributed by atoms with Crippen LogP contribution in [0.5, 0.6) is 0 Å². The molecule has 0 unspecified atom stereocenters. The molecule has 0 saturated heterocycles. The molecule has 0 aliphatic carbocycles. The number of ether oxygens (including phenoxy) is 1. The number of methoxy groups -OCH3 is 1. The zero-order chi connectivity index (χ0) is 11.3. The van der Waals surface area contributed by atoms with Crippen molar-refractivity contribution in [2.45, 2.75) is 6.42 Å². The molecule has 0 fully saturated rings. The highest BCUT2D eigenvalue weighted by Gasteiger charge is 2.13. The maximum Gasteiger partial charge on any atom is 0.253 e. The normalized spacial score (nSPS) is 10.3. The molecular formula is C9H11Cl2NO2S. The van der Waals surface area contributed by atoms with E-state index in [9.17, 15) is 4.79 Å². The van der Waals surface area contributed by atoms with Gasteiger partial charge in [0.15, 0.2) is 0 Å². The van der Waals surface area contributed by atoms with E-state index in [-0.39, 0.29) is 5.91 Å². The molecule has 6 heteroatoms. The summed E-state index contributed by atoms with van der Waals surface area (Å²) in [6.45, 7) is 1.19. The maximum atomic E-state index is 11.6. The Morgan fingerprint density at radius 3 is 2.87 bits per heavy atom. The minimum atomic E-state index is -0.195. The summed E-state index contributed by atoms with van der Waals surface area (Å²) in [5, 5.41) is 2.73. The number of halogens is 2. The second kappa shape index (κ2) is 6.33. The van der Waals surface area contributed by atoms with Crippen molar-refractivity contribution in [1.29, 1.82) is 0 Å². The van der Waals surface area contributed by atoms with Crippen molar-refractivity contribution in [3.05, 3.63) is 20.3 Å². The number of amides is 1. The summed E-state index contributed by atoms with van der Waals surface area (Å²) in [6.07, 6.45) is 0.776. The molecule has 1 amide bonds. The lowest BCUT2D eigenvalue weighted by molar-refractivity contribution is 0.0949. The SMILES string of the molecule is COCCCNC(=O)c1cc(Cl)sc1Cl. The molecule has 84 valence electrons. The second-order valence-corrected chi connectivity index (χ2v) is 5.13. The highest BCUT2D eigenvalue weighted by atomic mass is 35.5. The number of nitrogens with one attached hydrogen (secondary N) is 1. The largest absolute Gasteiger partial charge is 0.385 e. The molecular weight excluding hydrogens is 257 g/mol. The van der Waals surface area contributed by atoms with Crippen molar-refractivity contribution in [2.24, 2.45) is 0 Å². The molecule has 0 bridgehead atoms. The van der Waals surface area contributed by atoms with Crippen molar-refractivity contribution in [2.75, 3.05) is 20.3 Å². The predicted molar refractivity (Wildman–Crippen MR) is 63.2 cm³/mol. The summed E-state index contributed by atoms with van der Waals surface area (Å²) in [5.74, 6) is -0.195. The molecule has 1 aromatic heterocycles. The first-order valence-corrected chi connectivity index (χ1v) is 5.94. The Morgan fingerprint density at radius 1 is 1.60 bits per heavy atom. The van der Waals surface area contributed by atoms with E-state index in [0.717, 1.165) is 6.42 Å². The monoisotopic (exact) mass is 267 g/mol. The molecule has 0 atom stereocenters. The van der Waals surface area contributed by atoms with Gasteiger partial charge < -0.3 is 10.1 Å². The molecule has 3 nitrogen and oxygen atoms in total. The van der Waals surface area contributed by atoms with E-state index in [1.165, 1.54) is 11.3 Å². The van der Waals surface area contributed by atoms with Crippen LogP contribution in [0.3, 0.4) is 0 Å². The number of rotatable bonds is 5. The van der Waals surface area contributed by atoms with Crippen LogP contribution in [-0.2, 0) is 4.74 Å². The number of thiophene rings is 1. The van der Waals surface area contributed by atoms with Gasteiger partial charge in [-0.2, -0.15) is 0 Å². The molecule has 1 heterocycles. The van der Waals surface area contributed by atoms with Crippen LogP contribution in [0.1, 0.15) is 16.8 Å². The molecule has 0 radical (unpaired) electrons. The highest BCUT2D eigenvalue weighted by Crippen LogP contribution is 2.30. The van der Waals surface area contributed by atoms with Crippen LogP contribution in [0, 0.1) is 0 Å². The Morgan fingerprint density at radius 2 is 2.33 bits per heavy atom. The standard InChI is InChI=1S/C9H11Cl2NO2S/c1-14-4-2-3-12-9(13)6-5-7(10)15-8(6)11/h5H,2-4H2,1H3,(H,12,13). The van der Waals surface area contributed by atoms with Crippen LogP contribution in [0.4, 0.5) is 0 Å². The molecule has 0 aromatic carbocycles. The van der Waals surface area contributed by atoms with Gasteiger partial charge in [-0.15, -0.1) is 11.3 Å². The van der Waals surface area contributed by atoms with Gasteiger partial charge in [0.25, 0.3) is 5.91 Å². The van der Waals surface area contributed by atoms with Crippen molar-refractivity contribution in [3.63, 3.8) is 0 Å². The Labute approximate surface area is 102 Å². The van der Waals surface area contributed by atoms with Gasteiger partial charge in [-0.25, -0.2) is 0 Å². The van der Waals surface area contributed by atoms with Gasteiger partial charge >= 0.3 is 0 Å². The van der Waals surface area contributed by atoms with Crippen molar-refractivity contribution in [1.82, 2.24) is 5.32 Å². The zero-order valence-electron chi connectivity index (χ0n) is 8.18. The Bertz CT molecular complexity index is 341. The topological polar surface area (TPSA) is 38.3 Å². The van der Waals surface area contributed by atoms with Crippen LogP contribution >= 0.6 is 34.5 Å². The summed E-state index contributed by atoms with van der Waals surface area (Å²) in [7, 11) is 1.62. The third-order valence-electron chi connectivity index (χ3n) is 1.71. The van der Waals surface area contributed by atoms with E-state index in [1.54, 1.807) is 13.2 Å². The lowest BCUT2D eigenvalue weighted by Crippen LogP contribution is -2.24. The molecule has 0 aliphatic rings. The molecule has 1 rings (SSSR count). The van der Waals surface area contributed by atoms with E-state index in [0.29, 0.717) is 27.4 Å². The fraction of sp³-hybridized carbons (Fsp3) is 0.444. The summed E-state index contributed by atoms with van der Waals surface area (Å²) in [4.78, 5) is 11.6. The zero-order valence-corrected chi connectivity index (χ0v) is 10.5. The molecule has 0 saturated carbocycles. The number of carbonyl (C=O) groups is 1. The fourth-order valence-corrected chi connectivity index (χ4v) is 2.47. The molecule has 1 aromatic rings. The van der Waals surface area contributed by atoms with E-state index >= 15 is 0 Å². The first-order chi connectivity index (χ1) is 7.15. The van der Waals surface area contributed by atoms with Gasteiger partial charge in [0.1, 0.15) is 4.34 Å². The third kappa shape index (κ3) is 3.99. The molecule has 1 N–H and O–H groups in total. The van der Waals surface area contributed by atoms with Gasteiger partial charge in [0.05, 0.1) is 9.90 Å². The van der Waals surface area contributed by atoms with Crippen LogP contribution in [0.2, 0.25) is 8.67 Å². The Balaban J connectivity index is 2.43. The third-order valence-corrected chi connectivity index (χ3v) is 3.20. The van der Waals surface area contributed by atoms with Gasteiger partial charge in [-0.3, -0.25) is 4.79 Å². The summed E-state index contributed by atoms with van der Waals surface area (Å²) >= 11 is 12.7. The average molecular weight is 268 g/mol. The smallest absolute Gasteiger partial charge is 0.253 e. The first kappa shape index (κ1) is 12.8. The van der Waals surface area contributed by atoms with Gasteiger partial charge in [-0.1, -0.05) is 23.2 Å². The Hall–Kier alpha value is -0.290. The van der Waals surface area contributed by atoms with Gasteiger partial charge in [0, 0.05) is 20.3 Å². The minimum absolute atomic E-state index is 0.195. The fourth-order valence-electron chi connectivity index (χ4n) is 1.01. The highest BCUT2D eigenvalue weighted by molar-refractivity contribution is 7.20. The summed E-state index contributed by atoms with van der Waals surface area (Å²) in [5.41, 5.74) is 0.434. The van der Waals surface area contributed by atoms with Crippen LogP contribution in [0.25, 0.3) is 0 Å². The van der Waals surface area contributed by atoms with Crippen LogP contribution < -0.4 is 5.32 Å². The summed E-state index contributed by atoms with van der Waals surface area (Å²) < 4.78 is 5.80. The second-order valence-electron chi connectivity index (χ2n) is 2.84. The minimum Gasteiger partial charge on any atom is -0.385 e. The van der Waals surface area contributed by atoms with Crippen LogP contribution in [-0.4, -0.2) is 26.2 Å². The van der Waals surface area contributed by atoms with E-state index in [4.69, 9.17) is 27.9 Å².